The fourth-order valence-corrected chi connectivity index (χ4v) is 7.55. The lowest BCUT2D eigenvalue weighted by atomic mass is 10.0. The van der Waals surface area contributed by atoms with E-state index < -0.39 is 13.9 Å². The fourth-order valence-electron chi connectivity index (χ4n) is 6.81. The Balaban J connectivity index is 4.15. The Morgan fingerprint density at radius 3 is 1.38 bits per heavy atom. The molecule has 366 valence electrons. The number of hydrogen-bond acceptors (Lipinski definition) is 6. The van der Waals surface area contributed by atoms with Gasteiger partial charge in [0.2, 0.25) is 0 Å². The summed E-state index contributed by atoms with van der Waals surface area (Å²) in [5.41, 5.74) is 0. The van der Waals surface area contributed by atoms with Gasteiger partial charge in [0.15, 0.2) is 0 Å². The van der Waals surface area contributed by atoms with Gasteiger partial charge in [0.05, 0.1) is 34.4 Å². The van der Waals surface area contributed by atoms with Crippen LogP contribution in [0.2, 0.25) is 0 Å². The van der Waals surface area contributed by atoms with Gasteiger partial charge in [-0.1, -0.05) is 189 Å². The van der Waals surface area contributed by atoms with Crippen LogP contribution in [0, 0.1) is 0 Å². The molecule has 0 aliphatic rings. The Kier molecular flexibility index (Phi) is 44.9. The number of likely N-dealkylation sites (N-methyl/N-ethyl adjacent to an activating group) is 1. The monoisotopic (exact) mass is 905 g/mol. The summed E-state index contributed by atoms with van der Waals surface area (Å²) in [6.45, 7) is 5.47. The number of phosphoric acid groups is 1. The van der Waals surface area contributed by atoms with Crippen molar-refractivity contribution in [3.05, 3.63) is 72.9 Å². The maximum absolute atomic E-state index is 12.8. The van der Waals surface area contributed by atoms with Crippen molar-refractivity contribution < 1.29 is 37.3 Å². The zero-order valence-corrected chi connectivity index (χ0v) is 42.4. The molecule has 0 saturated heterocycles. The van der Waals surface area contributed by atoms with E-state index in [9.17, 15) is 14.3 Å². The molecule has 0 aliphatic heterocycles. The zero-order chi connectivity index (χ0) is 46.2. The number of carbonyl (C=O) groups excluding carboxylic acids is 1. The van der Waals surface area contributed by atoms with E-state index in [-0.39, 0.29) is 25.8 Å². The molecule has 9 heteroatoms. The molecule has 8 nitrogen and oxygen atoms in total. The average molecular weight is 905 g/mol. The first-order valence-electron chi connectivity index (χ1n) is 25.7. The highest BCUT2D eigenvalue weighted by Gasteiger charge is 2.26. The van der Waals surface area contributed by atoms with Crippen molar-refractivity contribution in [2.45, 2.75) is 213 Å². The van der Waals surface area contributed by atoms with Gasteiger partial charge >= 0.3 is 13.8 Å². The number of unbranched alkanes of at least 4 members (excludes halogenated alkanes) is 21. The number of quaternary nitrogens is 1. The minimum Gasteiger partial charge on any atom is -0.457 e. The first kappa shape index (κ1) is 60.9. The molecule has 0 radical (unpaired) electrons. The summed E-state index contributed by atoms with van der Waals surface area (Å²) < 4.78 is 35.1. The molecule has 0 fully saturated rings. The summed E-state index contributed by atoms with van der Waals surface area (Å²) in [4.78, 5) is 23.0. The summed E-state index contributed by atoms with van der Waals surface area (Å²) in [6, 6.07) is 0. The zero-order valence-electron chi connectivity index (χ0n) is 41.5. The van der Waals surface area contributed by atoms with Crippen molar-refractivity contribution >= 4 is 13.8 Å². The third-order valence-corrected chi connectivity index (χ3v) is 11.7. The van der Waals surface area contributed by atoms with Crippen LogP contribution in [0.15, 0.2) is 72.9 Å². The van der Waals surface area contributed by atoms with E-state index in [1.54, 1.807) is 0 Å². The molecule has 2 atom stereocenters. The molecular formula is C54H99NO7P+. The van der Waals surface area contributed by atoms with Crippen molar-refractivity contribution in [2.75, 3.05) is 54.1 Å². The maximum atomic E-state index is 12.8. The second-order valence-electron chi connectivity index (χ2n) is 18.2. The molecule has 0 aromatic carbocycles. The van der Waals surface area contributed by atoms with Gasteiger partial charge in [0.25, 0.3) is 0 Å². The lowest BCUT2D eigenvalue weighted by Gasteiger charge is -2.24. The normalized spacial score (nSPS) is 14.2. The molecule has 0 heterocycles. The number of carbonyl (C=O) groups is 1. The predicted octanol–water partition coefficient (Wildman–Crippen LogP) is 15.8. The number of rotatable bonds is 47. The fraction of sp³-hybridized carbons (Fsp3) is 0.759. The lowest BCUT2D eigenvalue weighted by molar-refractivity contribution is -0.870. The summed E-state index contributed by atoms with van der Waals surface area (Å²) >= 11 is 0. The van der Waals surface area contributed by atoms with Crippen LogP contribution in [-0.2, 0) is 27.9 Å². The lowest BCUT2D eigenvalue weighted by Crippen LogP contribution is -2.37. The Morgan fingerprint density at radius 1 is 0.508 bits per heavy atom. The van der Waals surface area contributed by atoms with Crippen molar-refractivity contribution in [3.8, 4) is 0 Å². The first-order valence-corrected chi connectivity index (χ1v) is 27.2. The van der Waals surface area contributed by atoms with Crippen LogP contribution in [0.3, 0.4) is 0 Å². The molecular weight excluding hydrogens is 806 g/mol. The van der Waals surface area contributed by atoms with Crippen LogP contribution in [0.1, 0.15) is 206 Å². The molecule has 1 N–H and O–H groups in total. The SMILES string of the molecule is CC/C=C\C/C=C\C/C=C\CCCCCCCCOCC(COP(=O)(O)OCC[N+](C)(C)C)OC(=O)CCCCCCCCCCCC/C=C\C/C=C\C/C=C\CCCCCCC. The van der Waals surface area contributed by atoms with E-state index in [1.165, 1.54) is 109 Å². The molecule has 0 bridgehead atoms. The highest BCUT2D eigenvalue weighted by molar-refractivity contribution is 7.47. The highest BCUT2D eigenvalue weighted by atomic mass is 31.2. The van der Waals surface area contributed by atoms with Gasteiger partial charge in [0.1, 0.15) is 19.3 Å². The first-order chi connectivity index (χ1) is 30.6. The Labute approximate surface area is 389 Å². The third kappa shape index (κ3) is 50.8. The van der Waals surface area contributed by atoms with Gasteiger partial charge in [-0.3, -0.25) is 13.8 Å². The topological polar surface area (TPSA) is 91.3 Å². The van der Waals surface area contributed by atoms with Gasteiger partial charge in [-0.2, -0.15) is 0 Å². The van der Waals surface area contributed by atoms with E-state index in [1.807, 2.05) is 21.1 Å². The summed E-state index contributed by atoms with van der Waals surface area (Å²) in [5, 5.41) is 0. The van der Waals surface area contributed by atoms with Crippen molar-refractivity contribution in [1.29, 1.82) is 0 Å². The van der Waals surface area contributed by atoms with Crippen molar-refractivity contribution in [3.63, 3.8) is 0 Å². The third-order valence-electron chi connectivity index (χ3n) is 10.8. The predicted molar refractivity (Wildman–Crippen MR) is 270 cm³/mol. The number of esters is 1. The molecule has 0 amide bonds. The van der Waals surface area contributed by atoms with Gasteiger partial charge in [0, 0.05) is 13.0 Å². The molecule has 63 heavy (non-hydrogen) atoms. The second kappa shape index (κ2) is 46.5. The Hall–Kier alpha value is -2.06. The standard InChI is InChI=1S/C54H98NO7P/c1-6-8-10-12-14-16-18-20-22-24-25-26-27-28-29-30-31-32-33-35-37-39-41-43-45-47-54(56)62-53(52-61-63(57,58)60-50-48-55(3,4)5)51-59-49-46-44-42-40-38-36-34-23-21-19-17-15-13-11-9-7-2/h9,11,15,17-18,20-21,23-25,27-28,53H,6-8,10,12-14,16,19,22,26,29-52H2,1-5H3/p+1/b11-9-,17-15-,20-18-,23-21-,25-24-,28-27-. The van der Waals surface area contributed by atoms with Crippen LogP contribution in [-0.4, -0.2) is 75.6 Å². The number of phosphoric ester groups is 1. The quantitative estimate of drug-likeness (QED) is 0.0214. The van der Waals surface area contributed by atoms with E-state index in [4.69, 9.17) is 18.5 Å². The van der Waals surface area contributed by atoms with Gasteiger partial charge in [-0.05, 0) is 83.5 Å². The Bertz CT molecular complexity index is 1230. The smallest absolute Gasteiger partial charge is 0.457 e. The van der Waals surface area contributed by atoms with Crippen LogP contribution in [0.5, 0.6) is 0 Å². The summed E-state index contributed by atoms with van der Waals surface area (Å²) in [5.74, 6) is -0.324. The largest absolute Gasteiger partial charge is 0.472 e. The molecule has 0 aromatic rings. The van der Waals surface area contributed by atoms with Gasteiger partial charge < -0.3 is 18.9 Å². The molecule has 0 spiro atoms. The number of ether oxygens (including phenoxy) is 2. The molecule has 0 aliphatic carbocycles. The summed E-state index contributed by atoms with van der Waals surface area (Å²) in [6.07, 6.45) is 60.9. The van der Waals surface area contributed by atoms with E-state index in [0.29, 0.717) is 24.1 Å². The van der Waals surface area contributed by atoms with E-state index >= 15 is 0 Å². The number of hydrogen-bond donors (Lipinski definition) is 1. The highest BCUT2D eigenvalue weighted by Crippen LogP contribution is 2.43. The van der Waals surface area contributed by atoms with Crippen LogP contribution in [0.25, 0.3) is 0 Å². The van der Waals surface area contributed by atoms with E-state index in [0.717, 1.165) is 77.0 Å². The van der Waals surface area contributed by atoms with Crippen molar-refractivity contribution in [1.82, 2.24) is 0 Å². The summed E-state index contributed by atoms with van der Waals surface area (Å²) in [7, 11) is 1.65. The van der Waals surface area contributed by atoms with Crippen molar-refractivity contribution in [2.24, 2.45) is 0 Å². The van der Waals surface area contributed by atoms with Crippen LogP contribution in [0.4, 0.5) is 0 Å². The van der Waals surface area contributed by atoms with Crippen LogP contribution >= 0.6 is 7.82 Å². The molecule has 0 saturated carbocycles. The molecule has 2 unspecified atom stereocenters. The average Bonchev–Trinajstić information content (AvgIpc) is 3.24. The Morgan fingerprint density at radius 2 is 0.921 bits per heavy atom. The number of nitrogens with zero attached hydrogens (tertiary/aromatic N) is 1. The van der Waals surface area contributed by atoms with E-state index in [2.05, 4.69) is 86.8 Å². The minimum atomic E-state index is -4.29. The van der Waals surface area contributed by atoms with Crippen LogP contribution < -0.4 is 0 Å². The maximum Gasteiger partial charge on any atom is 0.472 e. The molecule has 0 rings (SSSR count). The second-order valence-corrected chi connectivity index (χ2v) is 19.6. The van der Waals surface area contributed by atoms with Gasteiger partial charge in [-0.15, -0.1) is 0 Å². The van der Waals surface area contributed by atoms with Gasteiger partial charge in [-0.25, -0.2) is 4.57 Å². The number of allylic oxidation sites excluding steroid dienone is 12. The minimum absolute atomic E-state index is 0.0817. The molecule has 0 aromatic heterocycles.